The number of imidazole rings is 1. The van der Waals surface area contributed by atoms with Crippen LogP contribution in [-0.4, -0.2) is 41.0 Å². The molecule has 0 spiro atoms. The smallest absolute Gasteiger partial charge is 0.369 e. The normalized spacial score (nSPS) is 12.2. The van der Waals surface area contributed by atoms with E-state index in [2.05, 4.69) is 25.0 Å². The molecule has 0 saturated heterocycles. The summed E-state index contributed by atoms with van der Waals surface area (Å²) in [4.78, 5) is 12.3. The molecule has 2 N–H and O–H groups in total. The molecule has 3 aromatic rings. The Labute approximate surface area is 171 Å². The molecule has 0 aliphatic rings. The van der Waals surface area contributed by atoms with Crippen LogP contribution in [0, 0.1) is 13.8 Å². The maximum Gasteiger partial charge on any atom is 0.416 e. The minimum atomic E-state index is -4.52. The van der Waals surface area contributed by atoms with Crippen LogP contribution in [0.15, 0.2) is 47.9 Å². The van der Waals surface area contributed by atoms with Crippen LogP contribution in [0.1, 0.15) is 17.0 Å². The molecule has 1 aromatic carbocycles. The first kappa shape index (κ1) is 21.7. The van der Waals surface area contributed by atoms with Crippen molar-refractivity contribution in [2.24, 2.45) is 0 Å². The third-order valence-electron chi connectivity index (χ3n) is 4.37. The summed E-state index contributed by atoms with van der Waals surface area (Å²) < 4.78 is 66.4. The Morgan fingerprint density at radius 3 is 2.33 bits per heavy atom. The van der Waals surface area contributed by atoms with Crippen molar-refractivity contribution in [3.05, 3.63) is 59.9 Å². The maximum absolute atomic E-state index is 12.6. The monoisotopic (exact) mass is 440 g/mol. The molecule has 3 rings (SSSR count). The first-order valence-corrected chi connectivity index (χ1v) is 10.3. The number of hydrogen-bond acceptors (Lipinski definition) is 6. The Morgan fingerprint density at radius 1 is 1.03 bits per heavy atom. The molecule has 0 unspecified atom stereocenters. The van der Waals surface area contributed by atoms with E-state index in [1.807, 2.05) is 13.8 Å². The lowest BCUT2D eigenvalue weighted by atomic mass is 10.2. The first-order chi connectivity index (χ1) is 14.1. The molecular formula is C18H19F3N6O2S. The molecule has 0 saturated carbocycles. The average molecular weight is 440 g/mol. The predicted octanol–water partition coefficient (Wildman–Crippen LogP) is 2.69. The SMILES string of the molecule is Cc1ncn(-c2cc(NCCNS(=O)(=O)c3ccc(C(F)(F)F)cc3)ncn2)c1C. The molecule has 0 fully saturated rings. The Morgan fingerprint density at radius 2 is 1.73 bits per heavy atom. The molecule has 0 aliphatic heterocycles. The van der Waals surface area contributed by atoms with E-state index in [0.29, 0.717) is 11.6 Å². The summed E-state index contributed by atoms with van der Waals surface area (Å²) in [6.45, 7) is 4.01. The Hall–Kier alpha value is -2.99. The summed E-state index contributed by atoms with van der Waals surface area (Å²) in [5, 5.41) is 2.97. The molecule has 0 atom stereocenters. The zero-order valence-corrected chi connectivity index (χ0v) is 16.9. The van der Waals surface area contributed by atoms with Gasteiger partial charge < -0.3 is 5.32 Å². The number of benzene rings is 1. The minimum Gasteiger partial charge on any atom is -0.369 e. The number of rotatable bonds is 7. The number of aryl methyl sites for hydroxylation is 1. The van der Waals surface area contributed by atoms with Gasteiger partial charge in [0.15, 0.2) is 0 Å². The lowest BCUT2D eigenvalue weighted by Gasteiger charge is -2.11. The van der Waals surface area contributed by atoms with Crippen molar-refractivity contribution in [2.75, 3.05) is 18.4 Å². The van der Waals surface area contributed by atoms with Crippen molar-refractivity contribution in [3.63, 3.8) is 0 Å². The van der Waals surface area contributed by atoms with Crippen LogP contribution in [0.25, 0.3) is 5.82 Å². The van der Waals surface area contributed by atoms with Crippen LogP contribution < -0.4 is 10.0 Å². The highest BCUT2D eigenvalue weighted by molar-refractivity contribution is 7.89. The van der Waals surface area contributed by atoms with Crippen molar-refractivity contribution >= 4 is 15.8 Å². The zero-order valence-electron chi connectivity index (χ0n) is 16.1. The molecule has 0 bridgehead atoms. The summed E-state index contributed by atoms with van der Waals surface area (Å²) >= 11 is 0. The average Bonchev–Trinajstić information content (AvgIpc) is 3.04. The number of nitrogens with zero attached hydrogens (tertiary/aromatic N) is 4. The lowest BCUT2D eigenvalue weighted by Crippen LogP contribution is -2.29. The number of sulfonamides is 1. The van der Waals surface area contributed by atoms with Gasteiger partial charge in [0.1, 0.15) is 24.3 Å². The highest BCUT2D eigenvalue weighted by Gasteiger charge is 2.30. The molecule has 0 radical (unpaired) electrons. The van der Waals surface area contributed by atoms with Crippen LogP contribution in [0.4, 0.5) is 19.0 Å². The Balaban J connectivity index is 1.58. The van der Waals surface area contributed by atoms with E-state index in [1.165, 1.54) is 6.33 Å². The summed E-state index contributed by atoms with van der Waals surface area (Å²) in [5.41, 5.74) is 0.899. The van der Waals surface area contributed by atoms with Crippen molar-refractivity contribution in [3.8, 4) is 5.82 Å². The van der Waals surface area contributed by atoms with Crippen LogP contribution in [0.3, 0.4) is 0 Å². The van der Waals surface area contributed by atoms with E-state index in [1.54, 1.807) is 17.0 Å². The predicted molar refractivity (Wildman–Crippen MR) is 104 cm³/mol. The second-order valence-electron chi connectivity index (χ2n) is 6.39. The number of nitrogens with one attached hydrogen (secondary N) is 2. The van der Waals surface area contributed by atoms with Gasteiger partial charge in [-0.3, -0.25) is 4.57 Å². The minimum absolute atomic E-state index is 0.00586. The van der Waals surface area contributed by atoms with E-state index >= 15 is 0 Å². The molecule has 0 aliphatic carbocycles. The second kappa shape index (κ2) is 8.40. The van der Waals surface area contributed by atoms with Gasteiger partial charge in [0.2, 0.25) is 10.0 Å². The quantitative estimate of drug-likeness (QED) is 0.548. The van der Waals surface area contributed by atoms with Gasteiger partial charge in [0, 0.05) is 24.8 Å². The van der Waals surface area contributed by atoms with E-state index in [-0.39, 0.29) is 18.0 Å². The van der Waals surface area contributed by atoms with Gasteiger partial charge in [-0.25, -0.2) is 28.1 Å². The highest BCUT2D eigenvalue weighted by Crippen LogP contribution is 2.29. The van der Waals surface area contributed by atoms with Gasteiger partial charge in [-0.2, -0.15) is 13.2 Å². The van der Waals surface area contributed by atoms with E-state index < -0.39 is 21.8 Å². The summed E-state index contributed by atoms with van der Waals surface area (Å²) in [7, 11) is -3.93. The fraction of sp³-hybridized carbons (Fsp3) is 0.278. The van der Waals surface area contributed by atoms with Gasteiger partial charge in [0.05, 0.1) is 16.2 Å². The van der Waals surface area contributed by atoms with Crippen LogP contribution in [0.2, 0.25) is 0 Å². The highest BCUT2D eigenvalue weighted by atomic mass is 32.2. The summed E-state index contributed by atoms with van der Waals surface area (Å²) in [6, 6.07) is 5.00. The molecule has 8 nitrogen and oxygen atoms in total. The van der Waals surface area contributed by atoms with Gasteiger partial charge in [-0.1, -0.05) is 0 Å². The molecule has 160 valence electrons. The number of halogens is 3. The van der Waals surface area contributed by atoms with Crippen LogP contribution >= 0.6 is 0 Å². The van der Waals surface area contributed by atoms with Crippen molar-refractivity contribution < 1.29 is 21.6 Å². The molecule has 2 heterocycles. The van der Waals surface area contributed by atoms with E-state index in [4.69, 9.17) is 0 Å². The Bertz CT molecular complexity index is 1130. The lowest BCUT2D eigenvalue weighted by molar-refractivity contribution is -0.137. The van der Waals surface area contributed by atoms with Crippen LogP contribution in [0.5, 0.6) is 0 Å². The standard InChI is InChI=1S/C18H19F3N6O2S/c1-12-13(2)27(11-25-12)17-9-16(23-10-24-17)22-7-8-26-30(28,29)15-5-3-14(4-6-15)18(19,20)21/h3-6,9-11,26H,7-8H2,1-2H3,(H,22,23,24). The molecule has 12 heteroatoms. The van der Waals surface area contributed by atoms with Gasteiger partial charge in [-0.15, -0.1) is 0 Å². The first-order valence-electron chi connectivity index (χ1n) is 8.82. The fourth-order valence-corrected chi connectivity index (χ4v) is 3.62. The van der Waals surface area contributed by atoms with E-state index in [0.717, 1.165) is 35.7 Å². The second-order valence-corrected chi connectivity index (χ2v) is 8.16. The number of alkyl halides is 3. The van der Waals surface area contributed by atoms with Crippen molar-refractivity contribution in [1.82, 2.24) is 24.2 Å². The molecule has 0 amide bonds. The third kappa shape index (κ3) is 4.94. The Kier molecular flexibility index (Phi) is 6.08. The number of hydrogen-bond donors (Lipinski definition) is 2. The van der Waals surface area contributed by atoms with Gasteiger partial charge in [-0.05, 0) is 38.1 Å². The van der Waals surface area contributed by atoms with Gasteiger partial charge in [0.25, 0.3) is 0 Å². The zero-order chi connectivity index (χ0) is 21.9. The fourth-order valence-electron chi connectivity index (χ4n) is 2.59. The third-order valence-corrected chi connectivity index (χ3v) is 5.84. The van der Waals surface area contributed by atoms with Crippen molar-refractivity contribution in [2.45, 2.75) is 24.9 Å². The van der Waals surface area contributed by atoms with E-state index in [9.17, 15) is 21.6 Å². The molecule has 2 aromatic heterocycles. The topological polar surface area (TPSA) is 102 Å². The number of anilines is 1. The molecule has 30 heavy (non-hydrogen) atoms. The maximum atomic E-state index is 12.6. The summed E-state index contributed by atoms with van der Waals surface area (Å²) in [6.07, 6.45) is -1.50. The largest absolute Gasteiger partial charge is 0.416 e. The summed E-state index contributed by atoms with van der Waals surface area (Å²) in [5.74, 6) is 1.09. The van der Waals surface area contributed by atoms with Gasteiger partial charge >= 0.3 is 6.18 Å². The number of aromatic nitrogens is 4. The van der Waals surface area contributed by atoms with Crippen molar-refractivity contribution in [1.29, 1.82) is 0 Å². The van der Waals surface area contributed by atoms with Crippen LogP contribution in [-0.2, 0) is 16.2 Å². The molecular weight excluding hydrogens is 421 g/mol.